The Morgan fingerprint density at radius 2 is 1.91 bits per heavy atom. The fourth-order valence-corrected chi connectivity index (χ4v) is 4.11. The molecule has 0 amide bonds. The Hall–Kier alpha value is -1.57. The molecule has 2 aliphatic rings. The van der Waals surface area contributed by atoms with E-state index in [4.69, 9.17) is 0 Å². The van der Waals surface area contributed by atoms with Crippen molar-refractivity contribution in [1.82, 2.24) is 0 Å². The molecule has 1 aromatic carbocycles. The van der Waals surface area contributed by atoms with Gasteiger partial charge in [0.25, 0.3) is 10.0 Å². The van der Waals surface area contributed by atoms with Crippen LogP contribution in [-0.4, -0.2) is 14.3 Å². The second kappa shape index (κ2) is 5.26. The summed E-state index contributed by atoms with van der Waals surface area (Å²) in [4.78, 5) is -0.212. The highest BCUT2D eigenvalue weighted by Gasteiger charge is 2.34. The third-order valence-electron chi connectivity index (χ3n) is 4.05. The van der Waals surface area contributed by atoms with Crippen LogP contribution in [0.3, 0.4) is 0 Å². The lowest BCUT2D eigenvalue weighted by molar-refractivity contribution is -0.137. The van der Waals surface area contributed by atoms with E-state index in [-0.39, 0.29) is 16.4 Å². The maximum absolute atomic E-state index is 12.8. The quantitative estimate of drug-likeness (QED) is 0.896. The second-order valence-electron chi connectivity index (χ2n) is 5.70. The van der Waals surface area contributed by atoms with Crippen molar-refractivity contribution in [3.05, 3.63) is 23.8 Å². The summed E-state index contributed by atoms with van der Waals surface area (Å²) < 4.78 is 66.2. The molecule has 1 heterocycles. The van der Waals surface area contributed by atoms with Gasteiger partial charge < -0.3 is 5.32 Å². The Labute approximate surface area is 126 Å². The molecule has 8 heteroatoms. The average Bonchev–Trinajstić information content (AvgIpc) is 2.89. The number of fused-ring (bicyclic) bond motifs is 1. The normalized spacial score (nSPS) is 21.1. The number of amidine groups is 1. The SMILES string of the molecule is O=S1(=O)N=C(CC2CCCC2)Nc2cc(C(F)(F)F)ccc21. The van der Waals surface area contributed by atoms with E-state index >= 15 is 0 Å². The van der Waals surface area contributed by atoms with Gasteiger partial charge in [-0.15, -0.1) is 4.40 Å². The van der Waals surface area contributed by atoms with E-state index in [0.29, 0.717) is 12.3 Å². The van der Waals surface area contributed by atoms with E-state index in [2.05, 4.69) is 9.71 Å². The molecule has 3 rings (SSSR count). The summed E-state index contributed by atoms with van der Waals surface area (Å²) in [5.74, 6) is 0.576. The molecule has 0 aromatic heterocycles. The fourth-order valence-electron chi connectivity index (χ4n) is 2.98. The third kappa shape index (κ3) is 2.97. The molecule has 0 unspecified atom stereocenters. The van der Waals surface area contributed by atoms with Crippen molar-refractivity contribution in [2.45, 2.75) is 43.2 Å². The van der Waals surface area contributed by atoms with Crippen LogP contribution >= 0.6 is 0 Å². The topological polar surface area (TPSA) is 58.5 Å². The lowest BCUT2D eigenvalue weighted by atomic mass is 10.0. The molecule has 1 fully saturated rings. The fraction of sp³-hybridized carbons (Fsp3) is 0.500. The molecule has 120 valence electrons. The Balaban J connectivity index is 1.93. The van der Waals surface area contributed by atoms with Gasteiger partial charge in [-0.3, -0.25) is 0 Å². The number of halogens is 3. The summed E-state index contributed by atoms with van der Waals surface area (Å²) in [6.07, 6.45) is 0.126. The van der Waals surface area contributed by atoms with Crippen molar-refractivity contribution in [1.29, 1.82) is 0 Å². The van der Waals surface area contributed by atoms with Crippen molar-refractivity contribution in [2.24, 2.45) is 10.3 Å². The number of nitrogens with zero attached hydrogens (tertiary/aromatic N) is 1. The minimum Gasteiger partial charge on any atom is -0.342 e. The predicted octanol–water partition coefficient (Wildman–Crippen LogP) is 3.80. The smallest absolute Gasteiger partial charge is 0.342 e. The molecular formula is C14H15F3N2O2S. The molecule has 1 saturated carbocycles. The lowest BCUT2D eigenvalue weighted by Crippen LogP contribution is -2.24. The monoisotopic (exact) mass is 332 g/mol. The highest BCUT2D eigenvalue weighted by Crippen LogP contribution is 2.36. The van der Waals surface area contributed by atoms with Crippen molar-refractivity contribution in [3.8, 4) is 0 Å². The Kier molecular flexibility index (Phi) is 3.66. The van der Waals surface area contributed by atoms with Gasteiger partial charge in [0.1, 0.15) is 10.7 Å². The van der Waals surface area contributed by atoms with Gasteiger partial charge in [-0.25, -0.2) is 0 Å². The summed E-state index contributed by atoms with van der Waals surface area (Å²) in [6.45, 7) is 0. The van der Waals surface area contributed by atoms with Crippen LogP contribution < -0.4 is 5.32 Å². The van der Waals surface area contributed by atoms with Crippen LogP contribution in [0, 0.1) is 5.92 Å². The molecule has 0 spiro atoms. The molecule has 1 aromatic rings. The lowest BCUT2D eigenvalue weighted by Gasteiger charge is -2.21. The second-order valence-corrected chi connectivity index (χ2v) is 7.27. The van der Waals surface area contributed by atoms with E-state index in [9.17, 15) is 21.6 Å². The summed E-state index contributed by atoms with van der Waals surface area (Å²) in [5, 5.41) is 2.76. The minimum absolute atomic E-state index is 0.0437. The number of rotatable bonds is 2. The van der Waals surface area contributed by atoms with Crippen molar-refractivity contribution in [3.63, 3.8) is 0 Å². The number of sulfonamides is 1. The summed E-state index contributed by atoms with van der Waals surface area (Å²) in [5.41, 5.74) is -0.922. The zero-order valence-corrected chi connectivity index (χ0v) is 12.5. The average molecular weight is 332 g/mol. The van der Waals surface area contributed by atoms with Crippen LogP contribution in [0.15, 0.2) is 27.5 Å². The molecule has 0 saturated heterocycles. The van der Waals surface area contributed by atoms with Gasteiger partial charge in [-0.2, -0.15) is 21.6 Å². The van der Waals surface area contributed by atoms with Crippen molar-refractivity contribution in [2.75, 3.05) is 5.32 Å². The highest BCUT2D eigenvalue weighted by molar-refractivity contribution is 7.90. The molecular weight excluding hydrogens is 317 g/mol. The van der Waals surface area contributed by atoms with E-state index in [1.807, 2.05) is 0 Å². The van der Waals surface area contributed by atoms with Crippen LogP contribution in [0.4, 0.5) is 18.9 Å². The van der Waals surface area contributed by atoms with Gasteiger partial charge in [-0.05, 0) is 24.1 Å². The molecule has 0 atom stereocenters. The molecule has 1 aliphatic heterocycles. The van der Waals surface area contributed by atoms with Gasteiger partial charge in [0, 0.05) is 6.42 Å². The maximum Gasteiger partial charge on any atom is 0.416 e. The van der Waals surface area contributed by atoms with Crippen LogP contribution in [-0.2, 0) is 16.2 Å². The zero-order chi connectivity index (χ0) is 16.0. The van der Waals surface area contributed by atoms with Crippen molar-refractivity contribution < 1.29 is 21.6 Å². The largest absolute Gasteiger partial charge is 0.416 e. The van der Waals surface area contributed by atoms with Crippen LogP contribution in [0.2, 0.25) is 0 Å². The predicted molar refractivity (Wildman–Crippen MR) is 76.3 cm³/mol. The first-order valence-electron chi connectivity index (χ1n) is 7.08. The Bertz CT molecular complexity index is 720. The molecule has 1 aliphatic carbocycles. The van der Waals surface area contributed by atoms with Crippen LogP contribution in [0.5, 0.6) is 0 Å². The van der Waals surface area contributed by atoms with Crippen LogP contribution in [0.1, 0.15) is 37.7 Å². The molecule has 0 bridgehead atoms. The van der Waals surface area contributed by atoms with Crippen molar-refractivity contribution >= 4 is 21.5 Å². The van der Waals surface area contributed by atoms with E-state index in [1.165, 1.54) is 0 Å². The number of hydrogen-bond donors (Lipinski definition) is 1. The molecule has 4 nitrogen and oxygen atoms in total. The summed E-state index contributed by atoms with van der Waals surface area (Å²) >= 11 is 0. The van der Waals surface area contributed by atoms with E-state index in [1.54, 1.807) is 0 Å². The summed E-state index contributed by atoms with van der Waals surface area (Å²) in [6, 6.07) is 2.54. The Morgan fingerprint density at radius 1 is 1.23 bits per heavy atom. The van der Waals surface area contributed by atoms with Gasteiger partial charge >= 0.3 is 6.18 Å². The van der Waals surface area contributed by atoms with E-state index < -0.39 is 21.8 Å². The van der Waals surface area contributed by atoms with Gasteiger partial charge in [0.05, 0.1) is 11.3 Å². The van der Waals surface area contributed by atoms with Gasteiger partial charge in [0.15, 0.2) is 0 Å². The first-order valence-corrected chi connectivity index (χ1v) is 8.52. The molecule has 0 radical (unpaired) electrons. The Morgan fingerprint density at radius 3 is 2.55 bits per heavy atom. The van der Waals surface area contributed by atoms with E-state index in [0.717, 1.165) is 43.9 Å². The number of alkyl halides is 3. The van der Waals surface area contributed by atoms with Gasteiger partial charge in [0.2, 0.25) is 0 Å². The summed E-state index contributed by atoms with van der Waals surface area (Å²) in [7, 11) is -3.94. The number of benzene rings is 1. The van der Waals surface area contributed by atoms with Crippen LogP contribution in [0.25, 0.3) is 0 Å². The highest BCUT2D eigenvalue weighted by atomic mass is 32.2. The standard InChI is InChI=1S/C14H15F3N2O2S/c15-14(16,17)10-5-6-12-11(8-10)18-13(19-22(12,20)21)7-9-3-1-2-4-9/h5-6,8-9H,1-4,7H2,(H,18,19). The third-order valence-corrected chi connectivity index (χ3v) is 5.42. The molecule has 1 N–H and O–H groups in total. The minimum atomic E-state index is -4.51. The maximum atomic E-state index is 12.8. The first-order chi connectivity index (χ1) is 10.3. The number of hydrogen-bond acceptors (Lipinski definition) is 3. The first kappa shape index (κ1) is 15.3. The number of anilines is 1. The van der Waals surface area contributed by atoms with Gasteiger partial charge in [-0.1, -0.05) is 25.7 Å². The molecule has 22 heavy (non-hydrogen) atoms. The zero-order valence-electron chi connectivity index (χ0n) is 11.7. The number of nitrogens with one attached hydrogen (secondary N) is 1.